The molecular formula is C16H27NO3Si. The van der Waals surface area contributed by atoms with Crippen LogP contribution in [0.5, 0.6) is 0 Å². The molecule has 0 aromatic heterocycles. The zero-order valence-electron chi connectivity index (χ0n) is 14.0. The summed E-state index contributed by atoms with van der Waals surface area (Å²) in [5.41, 5.74) is 0.370. The van der Waals surface area contributed by atoms with Crippen LogP contribution in [-0.4, -0.2) is 42.5 Å². The molecule has 2 heterocycles. The minimum absolute atomic E-state index is 0.0186. The number of fused-ring (bicyclic) bond motifs is 1. The van der Waals surface area contributed by atoms with Crippen molar-refractivity contribution in [3.63, 3.8) is 0 Å². The summed E-state index contributed by atoms with van der Waals surface area (Å²) >= 11 is 0. The van der Waals surface area contributed by atoms with Gasteiger partial charge < -0.3 is 9.64 Å². The van der Waals surface area contributed by atoms with Crippen LogP contribution in [0.25, 0.3) is 0 Å². The van der Waals surface area contributed by atoms with E-state index in [-0.39, 0.29) is 17.9 Å². The van der Waals surface area contributed by atoms with Crippen LogP contribution < -0.4 is 0 Å². The van der Waals surface area contributed by atoms with Crippen molar-refractivity contribution in [1.29, 1.82) is 0 Å². The predicted molar refractivity (Wildman–Crippen MR) is 85.7 cm³/mol. The number of ether oxygens (including phenoxy) is 1. The lowest BCUT2D eigenvalue weighted by Gasteiger charge is -2.46. The maximum absolute atomic E-state index is 12.5. The van der Waals surface area contributed by atoms with Crippen LogP contribution in [0.15, 0.2) is 11.6 Å². The number of hydrogen-bond donors (Lipinski definition) is 0. The molecule has 2 rings (SSSR count). The Balaban J connectivity index is 2.26. The van der Waals surface area contributed by atoms with Crippen molar-refractivity contribution >= 4 is 20.0 Å². The Kier molecular flexibility index (Phi) is 4.08. The largest absolute Gasteiger partial charge is 0.458 e. The minimum atomic E-state index is -1.37. The maximum Gasteiger partial charge on any atom is 0.329 e. The zero-order valence-corrected chi connectivity index (χ0v) is 15.0. The first kappa shape index (κ1) is 16.3. The van der Waals surface area contributed by atoms with Gasteiger partial charge >= 0.3 is 5.97 Å². The highest BCUT2D eigenvalue weighted by Gasteiger charge is 2.52. The fourth-order valence-electron chi connectivity index (χ4n) is 3.29. The van der Waals surface area contributed by atoms with Gasteiger partial charge in [0.25, 0.3) is 5.91 Å². The van der Waals surface area contributed by atoms with Crippen molar-refractivity contribution in [2.75, 3.05) is 0 Å². The Morgan fingerprint density at radius 1 is 1.38 bits per heavy atom. The summed E-state index contributed by atoms with van der Waals surface area (Å²) in [4.78, 5) is 26.6. The first-order chi connectivity index (χ1) is 9.56. The number of carbonyl (C=O) groups is 2. The lowest BCUT2D eigenvalue weighted by molar-refractivity contribution is -0.168. The maximum atomic E-state index is 12.5. The van der Waals surface area contributed by atoms with Gasteiger partial charge in [0.15, 0.2) is 0 Å². The first-order valence-corrected chi connectivity index (χ1v) is 11.2. The van der Waals surface area contributed by atoms with Crippen LogP contribution >= 0.6 is 0 Å². The number of esters is 1. The van der Waals surface area contributed by atoms with E-state index >= 15 is 0 Å². The van der Waals surface area contributed by atoms with Gasteiger partial charge in [0, 0.05) is 13.6 Å². The molecule has 0 aliphatic carbocycles. The predicted octanol–water partition coefficient (Wildman–Crippen LogP) is 2.97. The molecule has 5 heteroatoms. The molecule has 1 amide bonds. The molecule has 2 aliphatic rings. The molecule has 0 spiro atoms. The molecule has 0 radical (unpaired) electrons. The van der Waals surface area contributed by atoms with Crippen molar-refractivity contribution in [1.82, 2.24) is 4.90 Å². The van der Waals surface area contributed by atoms with Crippen LogP contribution in [0.1, 0.15) is 34.1 Å². The summed E-state index contributed by atoms with van der Waals surface area (Å²) in [7, 11) is -1.37. The topological polar surface area (TPSA) is 46.6 Å². The van der Waals surface area contributed by atoms with Gasteiger partial charge in [-0.3, -0.25) is 4.79 Å². The molecule has 0 bridgehead atoms. The molecule has 4 nitrogen and oxygen atoms in total. The molecule has 0 N–H and O–H groups in total. The second-order valence-corrected chi connectivity index (χ2v) is 13.2. The molecule has 0 aromatic rings. The van der Waals surface area contributed by atoms with E-state index in [1.54, 1.807) is 4.90 Å². The second-order valence-electron chi connectivity index (χ2n) is 7.93. The van der Waals surface area contributed by atoms with Gasteiger partial charge in [-0.15, -0.1) is 0 Å². The molecule has 0 aromatic carbocycles. The highest BCUT2D eigenvalue weighted by Crippen LogP contribution is 2.41. The monoisotopic (exact) mass is 309 g/mol. The number of rotatable bonds is 1. The Labute approximate surface area is 128 Å². The molecular weight excluding hydrogens is 282 g/mol. The van der Waals surface area contributed by atoms with Crippen molar-refractivity contribution in [3.8, 4) is 0 Å². The van der Waals surface area contributed by atoms with E-state index in [4.69, 9.17) is 4.74 Å². The van der Waals surface area contributed by atoms with Crippen molar-refractivity contribution in [2.24, 2.45) is 0 Å². The number of amides is 1. The fraction of sp³-hybridized carbons (Fsp3) is 0.750. The van der Waals surface area contributed by atoms with Gasteiger partial charge in [-0.1, -0.05) is 25.2 Å². The first-order valence-electron chi connectivity index (χ1n) is 7.77. The van der Waals surface area contributed by atoms with Crippen LogP contribution in [0.2, 0.25) is 25.2 Å². The third-order valence-electron chi connectivity index (χ3n) is 4.34. The minimum Gasteiger partial charge on any atom is -0.458 e. The number of hydrogen-bond acceptors (Lipinski definition) is 3. The van der Waals surface area contributed by atoms with Crippen molar-refractivity contribution in [2.45, 2.75) is 77.0 Å². The van der Waals surface area contributed by atoms with Gasteiger partial charge in [0.05, 0.1) is 6.04 Å². The van der Waals surface area contributed by atoms with Crippen LogP contribution in [-0.2, 0) is 14.3 Å². The Bertz CT molecular complexity index is 490. The summed E-state index contributed by atoms with van der Waals surface area (Å²) in [6, 6.07) is 1.84. The SMILES string of the molecule is C/C=C1/C(=O)N2[C@@H]1C[Si](C)(C)CC[C@H]2C(=O)OC(C)(C)C. The smallest absolute Gasteiger partial charge is 0.329 e. The normalized spacial score (nSPS) is 30.5. The standard InChI is InChI=1S/C16H27NO3Si/c1-7-11-13-10-21(5,6)9-8-12(17(13)14(11)18)15(19)20-16(2,3)4/h7,12-13H,8-10H2,1-6H3/b11-7+/t12-,13+/m0/s1. The third-order valence-corrected chi connectivity index (χ3v) is 7.48. The summed E-state index contributed by atoms with van der Waals surface area (Å²) in [5.74, 6) is -0.229. The summed E-state index contributed by atoms with van der Waals surface area (Å²) < 4.78 is 5.53. The Hall–Kier alpha value is -1.10. The zero-order chi connectivity index (χ0) is 16.0. The number of β-lactam (4-membered cyclic amide) rings is 1. The molecule has 2 aliphatic heterocycles. The average Bonchev–Trinajstić information content (AvgIpc) is 2.42. The van der Waals surface area contributed by atoms with Crippen LogP contribution in [0.4, 0.5) is 0 Å². The molecule has 2 fully saturated rings. The molecule has 21 heavy (non-hydrogen) atoms. The van der Waals surface area contributed by atoms with Crippen molar-refractivity contribution in [3.05, 3.63) is 11.6 Å². The summed E-state index contributed by atoms with van der Waals surface area (Å²) in [6.07, 6.45) is 2.65. The highest BCUT2D eigenvalue weighted by atomic mass is 28.3. The summed E-state index contributed by atoms with van der Waals surface area (Å²) in [6.45, 7) is 12.2. The van der Waals surface area contributed by atoms with Crippen LogP contribution in [0.3, 0.4) is 0 Å². The number of allylic oxidation sites excluding steroid dienone is 1. The van der Waals surface area contributed by atoms with E-state index < -0.39 is 19.7 Å². The molecule has 2 atom stereocenters. The van der Waals surface area contributed by atoms with E-state index in [9.17, 15) is 9.59 Å². The van der Waals surface area contributed by atoms with E-state index in [1.807, 2.05) is 33.8 Å². The van der Waals surface area contributed by atoms with Crippen LogP contribution in [0, 0.1) is 0 Å². The Morgan fingerprint density at radius 3 is 2.52 bits per heavy atom. The number of carbonyl (C=O) groups excluding carboxylic acids is 2. The van der Waals surface area contributed by atoms with Gasteiger partial charge in [-0.2, -0.15) is 0 Å². The molecule has 0 saturated carbocycles. The lowest BCUT2D eigenvalue weighted by atomic mass is 9.92. The van der Waals surface area contributed by atoms with E-state index in [0.717, 1.165) is 24.1 Å². The highest BCUT2D eigenvalue weighted by molar-refractivity contribution is 6.77. The van der Waals surface area contributed by atoms with Gasteiger partial charge in [-0.05, 0) is 40.2 Å². The van der Waals surface area contributed by atoms with Gasteiger partial charge in [0.2, 0.25) is 0 Å². The quantitative estimate of drug-likeness (QED) is 0.324. The number of nitrogens with zero attached hydrogens (tertiary/aromatic N) is 1. The summed E-state index contributed by atoms with van der Waals surface area (Å²) in [5, 5.41) is 0. The third kappa shape index (κ3) is 3.23. The lowest BCUT2D eigenvalue weighted by Crippen LogP contribution is -2.61. The molecule has 2 saturated heterocycles. The van der Waals surface area contributed by atoms with Gasteiger partial charge in [-0.25, -0.2) is 4.79 Å². The molecule has 0 unspecified atom stereocenters. The fourth-order valence-corrected chi connectivity index (χ4v) is 6.02. The van der Waals surface area contributed by atoms with E-state index in [0.29, 0.717) is 0 Å². The average molecular weight is 309 g/mol. The van der Waals surface area contributed by atoms with E-state index in [1.165, 1.54) is 0 Å². The van der Waals surface area contributed by atoms with Crippen molar-refractivity contribution < 1.29 is 14.3 Å². The molecule has 118 valence electrons. The Morgan fingerprint density at radius 2 is 2.00 bits per heavy atom. The second kappa shape index (κ2) is 5.27. The van der Waals surface area contributed by atoms with E-state index in [2.05, 4.69) is 13.1 Å². The van der Waals surface area contributed by atoms with Gasteiger partial charge in [0.1, 0.15) is 11.6 Å².